The smallest absolute Gasteiger partial charge is 0.228 e. The highest BCUT2D eigenvalue weighted by Gasteiger charge is 2.11. The summed E-state index contributed by atoms with van der Waals surface area (Å²) in [6, 6.07) is 20.5. The Hall–Kier alpha value is -2.65. The Labute approximate surface area is 141 Å². The number of anilines is 1. The quantitative estimate of drug-likeness (QED) is 0.774. The van der Waals surface area contributed by atoms with Crippen LogP contribution in [0.3, 0.4) is 0 Å². The molecular weight excluding hydrogens is 296 g/mol. The molecule has 1 aliphatic heterocycles. The molecule has 0 unspecified atom stereocenters. The Kier molecular flexibility index (Phi) is 4.01. The summed E-state index contributed by atoms with van der Waals surface area (Å²) in [5.41, 5.74) is 4.60. The lowest BCUT2D eigenvalue weighted by Crippen LogP contribution is -2.24. The zero-order chi connectivity index (χ0) is 16.4. The second kappa shape index (κ2) is 6.46. The molecule has 3 aromatic carbocycles. The van der Waals surface area contributed by atoms with E-state index in [1.54, 1.807) is 0 Å². The van der Waals surface area contributed by atoms with Crippen LogP contribution in [0.4, 0.5) is 5.69 Å². The van der Waals surface area contributed by atoms with Gasteiger partial charge >= 0.3 is 0 Å². The number of hydrogen-bond acceptors (Lipinski definition) is 2. The molecule has 2 N–H and O–H groups in total. The van der Waals surface area contributed by atoms with Crippen LogP contribution in [0.5, 0.6) is 0 Å². The van der Waals surface area contributed by atoms with E-state index in [1.165, 1.54) is 16.5 Å². The van der Waals surface area contributed by atoms with Gasteiger partial charge in [0.05, 0.1) is 6.42 Å². The molecule has 24 heavy (non-hydrogen) atoms. The van der Waals surface area contributed by atoms with Gasteiger partial charge in [0.15, 0.2) is 0 Å². The van der Waals surface area contributed by atoms with Gasteiger partial charge in [-0.15, -0.1) is 0 Å². The second-order valence-corrected chi connectivity index (χ2v) is 6.27. The second-order valence-electron chi connectivity index (χ2n) is 6.27. The summed E-state index contributed by atoms with van der Waals surface area (Å²) in [7, 11) is 0. The lowest BCUT2D eigenvalue weighted by molar-refractivity contribution is -0.115. The van der Waals surface area contributed by atoms with Gasteiger partial charge < -0.3 is 10.6 Å². The van der Waals surface area contributed by atoms with Crippen LogP contribution in [-0.2, 0) is 24.2 Å². The van der Waals surface area contributed by atoms with Crippen LogP contribution in [0.15, 0.2) is 60.7 Å². The summed E-state index contributed by atoms with van der Waals surface area (Å²) in [5, 5.41) is 8.72. The van der Waals surface area contributed by atoms with E-state index >= 15 is 0 Å². The molecular formula is C21H20N2O. The zero-order valence-electron chi connectivity index (χ0n) is 13.5. The topological polar surface area (TPSA) is 41.1 Å². The van der Waals surface area contributed by atoms with E-state index in [-0.39, 0.29) is 5.91 Å². The minimum atomic E-state index is 0.0232. The first-order valence-corrected chi connectivity index (χ1v) is 8.38. The number of hydrogen-bond donors (Lipinski definition) is 2. The van der Waals surface area contributed by atoms with Gasteiger partial charge in [-0.2, -0.15) is 0 Å². The molecule has 0 bridgehead atoms. The first-order valence-electron chi connectivity index (χ1n) is 8.38. The van der Waals surface area contributed by atoms with Gasteiger partial charge in [-0.05, 0) is 52.6 Å². The molecule has 1 aliphatic rings. The maximum absolute atomic E-state index is 12.5. The van der Waals surface area contributed by atoms with E-state index in [9.17, 15) is 4.79 Å². The van der Waals surface area contributed by atoms with Gasteiger partial charge in [0.1, 0.15) is 0 Å². The zero-order valence-corrected chi connectivity index (χ0v) is 13.5. The van der Waals surface area contributed by atoms with Crippen molar-refractivity contribution < 1.29 is 4.79 Å². The van der Waals surface area contributed by atoms with Crippen molar-refractivity contribution >= 4 is 22.4 Å². The molecule has 3 heteroatoms. The Morgan fingerprint density at radius 2 is 1.88 bits per heavy atom. The number of nitrogens with one attached hydrogen (secondary N) is 2. The minimum Gasteiger partial charge on any atom is -0.326 e. The van der Waals surface area contributed by atoms with Crippen LogP contribution in [0.1, 0.15) is 16.7 Å². The molecule has 1 amide bonds. The van der Waals surface area contributed by atoms with Crippen molar-refractivity contribution in [3.63, 3.8) is 0 Å². The van der Waals surface area contributed by atoms with E-state index in [4.69, 9.17) is 0 Å². The maximum atomic E-state index is 12.5. The van der Waals surface area contributed by atoms with Crippen LogP contribution < -0.4 is 10.6 Å². The van der Waals surface area contributed by atoms with Gasteiger partial charge in [0.25, 0.3) is 0 Å². The molecule has 0 atom stereocenters. The largest absolute Gasteiger partial charge is 0.326 e. The predicted molar refractivity (Wildman–Crippen MR) is 98.1 cm³/mol. The molecule has 0 spiro atoms. The Morgan fingerprint density at radius 3 is 2.83 bits per heavy atom. The van der Waals surface area contributed by atoms with E-state index in [0.29, 0.717) is 6.42 Å². The summed E-state index contributed by atoms with van der Waals surface area (Å²) in [5.74, 6) is 0.0232. The monoisotopic (exact) mass is 316 g/mol. The minimum absolute atomic E-state index is 0.0232. The molecule has 0 radical (unpaired) electrons. The summed E-state index contributed by atoms with van der Waals surface area (Å²) in [6.45, 7) is 1.90. The number of rotatable bonds is 3. The van der Waals surface area contributed by atoms with Gasteiger partial charge in [0, 0.05) is 12.2 Å². The fourth-order valence-corrected chi connectivity index (χ4v) is 3.38. The van der Waals surface area contributed by atoms with E-state index in [1.807, 2.05) is 30.3 Å². The lowest BCUT2D eigenvalue weighted by Gasteiger charge is -2.18. The number of fused-ring (bicyclic) bond motifs is 2. The predicted octanol–water partition coefficient (Wildman–Crippen LogP) is 3.67. The molecule has 0 aliphatic carbocycles. The first-order chi connectivity index (χ1) is 11.8. The van der Waals surface area contributed by atoms with Crippen LogP contribution in [-0.4, -0.2) is 12.5 Å². The summed E-state index contributed by atoms with van der Waals surface area (Å²) in [6.07, 6.45) is 1.44. The van der Waals surface area contributed by atoms with Gasteiger partial charge in [-0.25, -0.2) is 0 Å². The molecule has 3 aromatic rings. The van der Waals surface area contributed by atoms with Crippen molar-refractivity contribution in [2.45, 2.75) is 19.4 Å². The Morgan fingerprint density at radius 1 is 1.00 bits per heavy atom. The average molecular weight is 316 g/mol. The third kappa shape index (κ3) is 3.03. The normalized spacial score (nSPS) is 13.5. The molecule has 0 aromatic heterocycles. The van der Waals surface area contributed by atoms with E-state index in [0.717, 1.165) is 36.1 Å². The van der Waals surface area contributed by atoms with Gasteiger partial charge in [-0.1, -0.05) is 48.5 Å². The highest BCUT2D eigenvalue weighted by atomic mass is 16.1. The summed E-state index contributed by atoms with van der Waals surface area (Å²) in [4.78, 5) is 12.5. The standard InChI is InChI=1S/C21H20N2O/c24-21(13-17-6-3-5-16-4-1-2-7-20(16)17)23-19-9-8-15-10-11-22-14-18(15)12-19/h1-9,12,22H,10-11,13-14H2,(H,23,24). The van der Waals surface area contributed by atoms with Crippen LogP contribution in [0.25, 0.3) is 10.8 Å². The molecule has 4 rings (SSSR count). The first kappa shape index (κ1) is 14.9. The van der Waals surface area contributed by atoms with Crippen molar-refractivity contribution in [3.8, 4) is 0 Å². The molecule has 1 heterocycles. The van der Waals surface area contributed by atoms with Crippen molar-refractivity contribution in [2.24, 2.45) is 0 Å². The van der Waals surface area contributed by atoms with Gasteiger partial charge in [-0.3, -0.25) is 4.79 Å². The van der Waals surface area contributed by atoms with Crippen LogP contribution in [0, 0.1) is 0 Å². The fraction of sp³-hybridized carbons (Fsp3) is 0.190. The highest BCUT2D eigenvalue weighted by Crippen LogP contribution is 2.21. The van der Waals surface area contributed by atoms with Crippen LogP contribution in [0.2, 0.25) is 0 Å². The Bertz CT molecular complexity index is 896. The molecule has 0 fully saturated rings. The number of amides is 1. The van der Waals surface area contributed by atoms with Crippen molar-refractivity contribution in [1.82, 2.24) is 5.32 Å². The SMILES string of the molecule is O=C(Cc1cccc2ccccc12)Nc1ccc2c(c1)CNCC2. The molecule has 0 saturated heterocycles. The van der Waals surface area contributed by atoms with Crippen molar-refractivity contribution in [1.29, 1.82) is 0 Å². The third-order valence-electron chi connectivity index (χ3n) is 4.61. The number of carbonyl (C=O) groups excluding carboxylic acids is 1. The molecule has 120 valence electrons. The van der Waals surface area contributed by atoms with Crippen LogP contribution >= 0.6 is 0 Å². The van der Waals surface area contributed by atoms with Crippen molar-refractivity contribution in [3.05, 3.63) is 77.4 Å². The van der Waals surface area contributed by atoms with Gasteiger partial charge in [0.2, 0.25) is 5.91 Å². The number of benzene rings is 3. The number of carbonyl (C=O) groups is 1. The van der Waals surface area contributed by atoms with E-state index < -0.39 is 0 Å². The molecule has 0 saturated carbocycles. The van der Waals surface area contributed by atoms with E-state index in [2.05, 4.69) is 41.0 Å². The highest BCUT2D eigenvalue weighted by molar-refractivity contribution is 5.96. The summed E-state index contributed by atoms with van der Waals surface area (Å²) < 4.78 is 0. The Balaban J connectivity index is 1.52. The summed E-state index contributed by atoms with van der Waals surface area (Å²) >= 11 is 0. The average Bonchev–Trinajstić information content (AvgIpc) is 2.62. The fourth-order valence-electron chi connectivity index (χ4n) is 3.38. The van der Waals surface area contributed by atoms with Crippen molar-refractivity contribution in [2.75, 3.05) is 11.9 Å². The lowest BCUT2D eigenvalue weighted by atomic mass is 10.00. The maximum Gasteiger partial charge on any atom is 0.228 e. The third-order valence-corrected chi connectivity index (χ3v) is 4.61. The molecule has 3 nitrogen and oxygen atoms in total.